The topological polar surface area (TPSA) is 106 Å². The Balaban J connectivity index is 1.60. The van der Waals surface area contributed by atoms with Crippen molar-refractivity contribution in [1.29, 1.82) is 0 Å². The van der Waals surface area contributed by atoms with Crippen LogP contribution in [-0.2, 0) is 22.6 Å². The molecule has 8 nitrogen and oxygen atoms in total. The average Bonchev–Trinajstić information content (AvgIpc) is 3.32. The Labute approximate surface area is 161 Å². The van der Waals surface area contributed by atoms with E-state index in [1.807, 2.05) is 41.8 Å². The number of hydrogen-bond donors (Lipinski definition) is 1. The van der Waals surface area contributed by atoms with Gasteiger partial charge < -0.3 is 10.3 Å². The van der Waals surface area contributed by atoms with Gasteiger partial charge in [-0.15, -0.1) is 10.2 Å². The molecule has 0 unspecified atom stereocenters. The average molecular weight is 386 g/mol. The number of amides is 2. The van der Waals surface area contributed by atoms with E-state index in [2.05, 4.69) is 15.3 Å². The van der Waals surface area contributed by atoms with Crippen molar-refractivity contribution in [2.24, 2.45) is 10.8 Å². The molecular weight excluding hydrogens is 364 g/mol. The van der Waals surface area contributed by atoms with E-state index < -0.39 is 0 Å². The molecule has 1 aromatic carbocycles. The summed E-state index contributed by atoms with van der Waals surface area (Å²) in [4.78, 5) is 23.5. The molecule has 9 heteroatoms. The lowest BCUT2D eigenvalue weighted by Crippen LogP contribution is -2.25. The number of hydrogen-bond acceptors (Lipinski definition) is 6. The Morgan fingerprint density at radius 2 is 2.00 bits per heavy atom. The molecule has 0 saturated carbocycles. The van der Waals surface area contributed by atoms with Gasteiger partial charge in [-0.2, -0.15) is 5.10 Å². The van der Waals surface area contributed by atoms with Gasteiger partial charge in [-0.1, -0.05) is 42.1 Å². The fraction of sp³-hybridized carbons (Fsp3) is 0.389. The van der Waals surface area contributed by atoms with E-state index in [-0.39, 0.29) is 24.0 Å². The molecular formula is C18H22N6O2S. The minimum Gasteiger partial charge on any atom is -0.370 e. The quantitative estimate of drug-likeness (QED) is 0.691. The maximum atomic E-state index is 12.5. The normalized spacial score (nSPS) is 13.7. The zero-order valence-electron chi connectivity index (χ0n) is 15.2. The van der Waals surface area contributed by atoms with Crippen LogP contribution < -0.4 is 5.73 Å². The Kier molecular flexibility index (Phi) is 6.23. The summed E-state index contributed by atoms with van der Waals surface area (Å²) in [5, 5.41) is 14.9. The fourth-order valence-corrected chi connectivity index (χ4v) is 3.73. The summed E-state index contributed by atoms with van der Waals surface area (Å²) in [7, 11) is 0. The third-order valence-corrected chi connectivity index (χ3v) is 5.18. The largest absolute Gasteiger partial charge is 0.370 e. The Hall–Kier alpha value is -2.68. The van der Waals surface area contributed by atoms with Crippen molar-refractivity contribution in [3.05, 3.63) is 41.7 Å². The molecule has 142 valence electrons. The number of thioether (sulfide) groups is 1. The Morgan fingerprint density at radius 3 is 2.70 bits per heavy atom. The van der Waals surface area contributed by atoms with E-state index >= 15 is 0 Å². The van der Waals surface area contributed by atoms with Crippen molar-refractivity contribution >= 4 is 29.3 Å². The highest BCUT2D eigenvalue weighted by atomic mass is 32.2. The number of rotatable bonds is 8. The van der Waals surface area contributed by atoms with Crippen LogP contribution in [0.3, 0.4) is 0 Å². The van der Waals surface area contributed by atoms with Gasteiger partial charge in [0, 0.05) is 25.8 Å². The minimum absolute atomic E-state index is 0.0599. The van der Waals surface area contributed by atoms with Crippen molar-refractivity contribution in [1.82, 2.24) is 19.8 Å². The van der Waals surface area contributed by atoms with Gasteiger partial charge in [0.15, 0.2) is 5.16 Å². The lowest BCUT2D eigenvalue weighted by molar-refractivity contribution is -0.127. The summed E-state index contributed by atoms with van der Waals surface area (Å²) in [5.41, 5.74) is 7.17. The predicted octanol–water partition coefficient (Wildman–Crippen LogP) is 1.44. The summed E-state index contributed by atoms with van der Waals surface area (Å²) >= 11 is 1.33. The molecule has 0 spiro atoms. The number of nitrogens with two attached hydrogens (primary N) is 1. The third kappa shape index (κ3) is 4.73. The zero-order chi connectivity index (χ0) is 19.2. The van der Waals surface area contributed by atoms with Gasteiger partial charge in [-0.25, -0.2) is 5.01 Å². The first-order valence-corrected chi connectivity index (χ1v) is 9.83. The van der Waals surface area contributed by atoms with Crippen LogP contribution in [-0.4, -0.2) is 49.6 Å². The first-order valence-electron chi connectivity index (χ1n) is 8.85. The van der Waals surface area contributed by atoms with Crippen molar-refractivity contribution in [3.63, 3.8) is 0 Å². The second-order valence-corrected chi connectivity index (χ2v) is 7.02. The van der Waals surface area contributed by atoms with E-state index in [1.165, 1.54) is 16.8 Å². The third-order valence-electron chi connectivity index (χ3n) is 4.23. The highest BCUT2D eigenvalue weighted by Crippen LogP contribution is 2.20. The second-order valence-electron chi connectivity index (χ2n) is 6.08. The Morgan fingerprint density at radius 1 is 1.22 bits per heavy atom. The van der Waals surface area contributed by atoms with E-state index in [1.54, 1.807) is 0 Å². The number of primary amides is 1. The van der Waals surface area contributed by atoms with Crippen LogP contribution in [0.25, 0.3) is 0 Å². The smallest absolute Gasteiger partial charge is 0.253 e. The molecule has 0 fully saturated rings. The van der Waals surface area contributed by atoms with Gasteiger partial charge in [0.05, 0.1) is 18.0 Å². The molecule has 1 aliphatic rings. The van der Waals surface area contributed by atoms with Gasteiger partial charge in [-0.05, 0) is 12.5 Å². The number of carbonyl (C=O) groups excluding carboxylic acids is 2. The molecule has 2 amide bonds. The van der Waals surface area contributed by atoms with Crippen LogP contribution >= 0.6 is 11.8 Å². The van der Waals surface area contributed by atoms with Crippen molar-refractivity contribution < 1.29 is 9.59 Å². The molecule has 2 N–H and O–H groups in total. The second kappa shape index (κ2) is 8.81. The Bertz CT molecular complexity index is 849. The number of aromatic nitrogens is 3. The fourth-order valence-electron chi connectivity index (χ4n) is 2.83. The SMILES string of the molecule is CCn1c(CCC(N)=O)nnc1SCC(=O)N1CCC(c2ccccc2)=N1. The number of nitrogens with zero attached hydrogens (tertiary/aromatic N) is 5. The molecule has 27 heavy (non-hydrogen) atoms. The maximum absolute atomic E-state index is 12.5. The number of aryl methyl sites for hydroxylation is 1. The van der Waals surface area contributed by atoms with E-state index in [0.717, 1.165) is 17.7 Å². The summed E-state index contributed by atoms with van der Waals surface area (Å²) < 4.78 is 1.91. The molecule has 0 saturated heterocycles. The highest BCUT2D eigenvalue weighted by Gasteiger charge is 2.22. The van der Waals surface area contributed by atoms with E-state index in [0.29, 0.717) is 30.5 Å². The zero-order valence-corrected chi connectivity index (χ0v) is 16.0. The highest BCUT2D eigenvalue weighted by molar-refractivity contribution is 7.99. The molecule has 3 rings (SSSR count). The lowest BCUT2D eigenvalue weighted by atomic mass is 10.1. The van der Waals surface area contributed by atoms with Crippen molar-refractivity contribution in [2.75, 3.05) is 12.3 Å². The van der Waals surface area contributed by atoms with Gasteiger partial charge in [-0.3, -0.25) is 9.59 Å². The molecule has 1 aliphatic heterocycles. The first kappa shape index (κ1) is 19.1. The molecule has 2 heterocycles. The van der Waals surface area contributed by atoms with Crippen LogP contribution in [0, 0.1) is 0 Å². The molecule has 1 aromatic heterocycles. The van der Waals surface area contributed by atoms with Crippen LogP contribution in [0.2, 0.25) is 0 Å². The van der Waals surface area contributed by atoms with E-state index in [9.17, 15) is 9.59 Å². The molecule has 0 radical (unpaired) electrons. The van der Waals surface area contributed by atoms with Crippen LogP contribution in [0.5, 0.6) is 0 Å². The standard InChI is InChI=1S/C18H22N6O2S/c1-2-23-16(9-8-15(19)25)20-21-18(23)27-12-17(26)24-11-10-14(22-24)13-6-4-3-5-7-13/h3-7H,2,8-12H2,1H3,(H2,19,25). The number of hydrazone groups is 1. The molecule has 0 aliphatic carbocycles. The lowest BCUT2D eigenvalue weighted by Gasteiger charge is -2.11. The van der Waals surface area contributed by atoms with Gasteiger partial charge >= 0.3 is 0 Å². The van der Waals surface area contributed by atoms with Crippen LogP contribution in [0.4, 0.5) is 0 Å². The molecule has 2 aromatic rings. The van der Waals surface area contributed by atoms with Crippen molar-refractivity contribution in [3.8, 4) is 0 Å². The summed E-state index contributed by atoms with van der Waals surface area (Å²) in [6, 6.07) is 9.88. The van der Waals surface area contributed by atoms with E-state index in [4.69, 9.17) is 5.73 Å². The summed E-state index contributed by atoms with van der Waals surface area (Å²) in [6.45, 7) is 3.23. The van der Waals surface area contributed by atoms with Gasteiger partial charge in [0.2, 0.25) is 5.91 Å². The summed E-state index contributed by atoms with van der Waals surface area (Å²) in [6.07, 6.45) is 1.43. The molecule has 0 atom stereocenters. The summed E-state index contributed by atoms with van der Waals surface area (Å²) in [5.74, 6) is 0.512. The monoisotopic (exact) mass is 386 g/mol. The van der Waals surface area contributed by atoms with Gasteiger partial charge in [0.25, 0.3) is 5.91 Å². The van der Waals surface area contributed by atoms with Crippen LogP contribution in [0.15, 0.2) is 40.6 Å². The van der Waals surface area contributed by atoms with Crippen LogP contribution in [0.1, 0.15) is 31.2 Å². The minimum atomic E-state index is -0.369. The maximum Gasteiger partial charge on any atom is 0.253 e. The van der Waals surface area contributed by atoms with Crippen molar-refractivity contribution in [2.45, 2.75) is 37.9 Å². The first-order chi connectivity index (χ1) is 13.1. The number of benzene rings is 1. The number of carbonyl (C=O) groups is 2. The molecule has 0 bridgehead atoms. The van der Waals surface area contributed by atoms with Gasteiger partial charge in [0.1, 0.15) is 5.82 Å². The predicted molar refractivity (Wildman–Crippen MR) is 103 cm³/mol.